The van der Waals surface area contributed by atoms with Crippen molar-refractivity contribution in [1.82, 2.24) is 5.32 Å². The Morgan fingerprint density at radius 1 is 0.487 bits per heavy atom. The fourth-order valence-electron chi connectivity index (χ4n) is 8.84. The maximum Gasteiger partial charge on any atom is 0.220 e. The molecular weight excluding hydrogens is 987 g/mol. The molecule has 3 saturated heterocycles. The number of ether oxygens (including phenoxy) is 6. The van der Waals surface area contributed by atoms with E-state index < -0.39 is 124 Å². The molecule has 76 heavy (non-hydrogen) atoms. The molecule has 17 unspecified atom stereocenters. The third kappa shape index (κ3) is 24.5. The van der Waals surface area contributed by atoms with Gasteiger partial charge in [0.15, 0.2) is 18.9 Å². The van der Waals surface area contributed by atoms with E-state index in [-0.39, 0.29) is 18.9 Å². The van der Waals surface area contributed by atoms with E-state index in [9.17, 15) is 61.0 Å². The van der Waals surface area contributed by atoms with Crippen molar-refractivity contribution in [2.24, 2.45) is 0 Å². The van der Waals surface area contributed by atoms with Gasteiger partial charge in [-0.1, -0.05) is 144 Å². The molecule has 19 nitrogen and oxygen atoms in total. The molecule has 3 rings (SSSR count). The molecule has 436 valence electrons. The first-order chi connectivity index (χ1) is 36.8. The molecule has 0 spiro atoms. The fourth-order valence-corrected chi connectivity index (χ4v) is 8.84. The molecule has 0 aromatic rings. The minimum atomic E-state index is -1.98. The van der Waals surface area contributed by atoms with Crippen LogP contribution in [0.1, 0.15) is 136 Å². The van der Waals surface area contributed by atoms with E-state index in [0.29, 0.717) is 6.42 Å². The number of amides is 1. The van der Waals surface area contributed by atoms with E-state index in [1.807, 2.05) is 6.08 Å². The van der Waals surface area contributed by atoms with Gasteiger partial charge in [-0.2, -0.15) is 0 Å². The summed E-state index contributed by atoms with van der Waals surface area (Å²) >= 11 is 0. The molecule has 3 fully saturated rings. The first kappa shape index (κ1) is 67.2. The number of aliphatic hydroxyl groups is 11. The highest BCUT2D eigenvalue weighted by Crippen LogP contribution is 2.33. The topological polar surface area (TPSA) is 307 Å². The van der Waals surface area contributed by atoms with Crippen LogP contribution in [0.3, 0.4) is 0 Å². The summed E-state index contributed by atoms with van der Waals surface area (Å²) in [6.45, 7) is 1.45. The Bertz CT molecular complexity index is 1720. The van der Waals surface area contributed by atoms with Crippen LogP contribution < -0.4 is 5.32 Å². The van der Waals surface area contributed by atoms with Crippen molar-refractivity contribution in [3.63, 3.8) is 0 Å². The zero-order valence-electron chi connectivity index (χ0n) is 44.9. The molecular formula is C57H95NO18. The van der Waals surface area contributed by atoms with E-state index in [2.05, 4.69) is 92.1 Å². The molecule has 0 aromatic carbocycles. The van der Waals surface area contributed by atoms with E-state index >= 15 is 0 Å². The average Bonchev–Trinajstić information content (AvgIpc) is 3.42. The number of hydrogen-bond donors (Lipinski definition) is 12. The molecule has 19 heteroatoms. The van der Waals surface area contributed by atoms with Crippen LogP contribution in [0, 0.1) is 0 Å². The lowest BCUT2D eigenvalue weighted by molar-refractivity contribution is -0.379. The third-order valence-corrected chi connectivity index (χ3v) is 13.4. The number of carbonyl (C=O) groups is 1. The second kappa shape index (κ2) is 40.2. The molecule has 3 aliphatic heterocycles. The third-order valence-electron chi connectivity index (χ3n) is 13.4. The maximum absolute atomic E-state index is 13.2. The molecule has 12 N–H and O–H groups in total. The summed E-state index contributed by atoms with van der Waals surface area (Å²) in [4.78, 5) is 13.2. The highest BCUT2D eigenvalue weighted by Gasteiger charge is 2.53. The highest BCUT2D eigenvalue weighted by molar-refractivity contribution is 5.76. The molecule has 0 aliphatic carbocycles. The minimum Gasteiger partial charge on any atom is -0.394 e. The van der Waals surface area contributed by atoms with Gasteiger partial charge in [0.2, 0.25) is 5.91 Å². The van der Waals surface area contributed by atoms with Crippen molar-refractivity contribution in [2.75, 3.05) is 26.4 Å². The van der Waals surface area contributed by atoms with Crippen molar-refractivity contribution >= 4 is 5.91 Å². The van der Waals surface area contributed by atoms with Crippen LogP contribution in [0.2, 0.25) is 0 Å². The van der Waals surface area contributed by atoms with E-state index in [4.69, 9.17) is 28.4 Å². The smallest absolute Gasteiger partial charge is 0.220 e. The second-order valence-electron chi connectivity index (χ2n) is 19.7. The number of unbranched alkanes of at least 4 members (excludes halogenated alkanes) is 10. The van der Waals surface area contributed by atoms with Crippen LogP contribution in [0.5, 0.6) is 0 Å². The lowest BCUT2D eigenvalue weighted by Crippen LogP contribution is -2.66. The number of rotatable bonds is 38. The minimum absolute atomic E-state index is 0.219. The van der Waals surface area contributed by atoms with Gasteiger partial charge in [-0.15, -0.1) is 0 Å². The Morgan fingerprint density at radius 2 is 0.908 bits per heavy atom. The summed E-state index contributed by atoms with van der Waals surface area (Å²) in [7, 11) is 0. The van der Waals surface area contributed by atoms with Gasteiger partial charge in [0.05, 0.1) is 38.6 Å². The zero-order valence-corrected chi connectivity index (χ0v) is 44.9. The summed E-state index contributed by atoms with van der Waals surface area (Å²) in [5.74, 6) is -0.302. The predicted octanol–water partition coefficient (Wildman–Crippen LogP) is 3.64. The van der Waals surface area contributed by atoms with Crippen LogP contribution in [-0.4, -0.2) is 193 Å². The Kier molecular flexibility index (Phi) is 35.6. The number of aliphatic hydroxyl groups excluding tert-OH is 11. The standard InChI is InChI=1S/C57H95NO18/c1-3-5-7-9-11-12-13-14-15-16-17-18-19-20-21-22-23-24-25-26-27-28-29-31-33-35-45(63)58-40(41(62)34-32-30-10-8-6-4-2)39-71-55-51(69)48(66)53(43(37-60)73-55)76-57-52(70)49(67)54(44(38-61)74-57)75-56-50(68)47(65)46(64)42(36-59)72-56/h5,7,11-12,14-15,17-18,20-21,23-24,32,34,40-44,46-57,59-62,64-70H,3-4,6,8-10,13,16,19,22,25-31,33,35-39H2,1-2H3,(H,58,63)/b7-5-,12-11-,15-14-,18-17-,21-20-,24-23-,34-32+. The van der Waals surface area contributed by atoms with Crippen LogP contribution in [0.4, 0.5) is 0 Å². The number of carbonyl (C=O) groups excluding carboxylic acids is 1. The predicted molar refractivity (Wildman–Crippen MR) is 286 cm³/mol. The van der Waals surface area contributed by atoms with Crippen molar-refractivity contribution in [1.29, 1.82) is 0 Å². The summed E-state index contributed by atoms with van der Waals surface area (Å²) in [6, 6.07) is -0.983. The molecule has 3 heterocycles. The van der Waals surface area contributed by atoms with Gasteiger partial charge >= 0.3 is 0 Å². The number of hydrogen-bond acceptors (Lipinski definition) is 18. The van der Waals surface area contributed by atoms with Crippen LogP contribution in [0.25, 0.3) is 0 Å². The average molecular weight is 1080 g/mol. The van der Waals surface area contributed by atoms with E-state index in [1.165, 1.54) is 0 Å². The molecule has 17 atom stereocenters. The van der Waals surface area contributed by atoms with Gasteiger partial charge in [-0.25, -0.2) is 0 Å². The Hall–Kier alpha value is -3.03. The SMILES string of the molecule is CC/C=C\C/C=C\C/C=C\C/C=C\C/C=C\C/C=C\CCCCCCCCC(=O)NC(COC1OC(CO)C(OC2OC(CO)C(OC3OC(CO)C(O)C(O)C3O)C(O)C2O)C(O)C1O)C(O)/C=C/CCCCCC. The second-order valence-corrected chi connectivity index (χ2v) is 19.7. The lowest BCUT2D eigenvalue weighted by atomic mass is 9.96. The quantitative estimate of drug-likeness (QED) is 0.0310. The lowest BCUT2D eigenvalue weighted by Gasteiger charge is -2.48. The largest absolute Gasteiger partial charge is 0.394 e. The van der Waals surface area contributed by atoms with Crippen LogP contribution in [0.15, 0.2) is 85.1 Å². The molecule has 1 amide bonds. The van der Waals surface area contributed by atoms with Crippen molar-refractivity contribution in [3.8, 4) is 0 Å². The molecule has 3 aliphatic rings. The van der Waals surface area contributed by atoms with Gasteiger partial charge < -0.3 is 89.9 Å². The van der Waals surface area contributed by atoms with Crippen molar-refractivity contribution in [2.45, 2.75) is 240 Å². The van der Waals surface area contributed by atoms with Crippen molar-refractivity contribution in [3.05, 3.63) is 85.1 Å². The molecule has 0 saturated carbocycles. The first-order valence-corrected chi connectivity index (χ1v) is 27.8. The van der Waals surface area contributed by atoms with Gasteiger partial charge in [0.1, 0.15) is 73.2 Å². The summed E-state index contributed by atoms with van der Waals surface area (Å²) in [5.41, 5.74) is 0. The number of allylic oxidation sites excluding steroid dienone is 13. The van der Waals surface area contributed by atoms with Gasteiger partial charge in [-0.05, 0) is 70.6 Å². The zero-order chi connectivity index (χ0) is 55.5. The molecule has 0 radical (unpaired) electrons. The fraction of sp³-hybridized carbons (Fsp3) is 0.737. The Balaban J connectivity index is 1.43. The first-order valence-electron chi connectivity index (χ1n) is 27.8. The van der Waals surface area contributed by atoms with Crippen LogP contribution >= 0.6 is 0 Å². The van der Waals surface area contributed by atoms with E-state index in [0.717, 1.165) is 109 Å². The Morgan fingerprint density at radius 3 is 1.42 bits per heavy atom. The number of nitrogens with one attached hydrogen (secondary N) is 1. The normalized spacial score (nSPS) is 31.6. The highest BCUT2D eigenvalue weighted by atomic mass is 16.8. The molecule has 0 aromatic heterocycles. The van der Waals surface area contributed by atoms with Crippen molar-refractivity contribution < 1.29 is 89.4 Å². The summed E-state index contributed by atoms with van der Waals surface area (Å²) in [5, 5.41) is 119. The maximum atomic E-state index is 13.2. The monoisotopic (exact) mass is 1080 g/mol. The summed E-state index contributed by atoms with van der Waals surface area (Å²) in [6.07, 6.45) is 20.6. The van der Waals surface area contributed by atoms with Gasteiger partial charge in [0, 0.05) is 6.42 Å². The summed E-state index contributed by atoms with van der Waals surface area (Å²) < 4.78 is 34.0. The van der Waals surface area contributed by atoms with Crippen LogP contribution in [-0.2, 0) is 33.2 Å². The Labute approximate surface area is 450 Å². The molecule has 0 bridgehead atoms. The van der Waals surface area contributed by atoms with E-state index in [1.54, 1.807) is 6.08 Å². The van der Waals surface area contributed by atoms with Gasteiger partial charge in [0.25, 0.3) is 0 Å². The van der Waals surface area contributed by atoms with Gasteiger partial charge in [-0.3, -0.25) is 4.79 Å².